The van der Waals surface area contributed by atoms with Crippen LogP contribution in [0, 0.1) is 5.82 Å². The summed E-state index contributed by atoms with van der Waals surface area (Å²) in [5, 5.41) is 7.08. The van der Waals surface area contributed by atoms with Gasteiger partial charge in [0.25, 0.3) is 0 Å². The Morgan fingerprint density at radius 1 is 1.17 bits per heavy atom. The van der Waals surface area contributed by atoms with Gasteiger partial charge in [0.2, 0.25) is 17.6 Å². The zero-order valence-corrected chi connectivity index (χ0v) is 13.3. The van der Waals surface area contributed by atoms with E-state index in [1.165, 1.54) is 6.07 Å². The molecule has 1 heterocycles. The molecule has 3 aromatic rings. The van der Waals surface area contributed by atoms with Gasteiger partial charge in [-0.25, -0.2) is 4.39 Å². The first kappa shape index (κ1) is 16.1. The van der Waals surface area contributed by atoms with Crippen molar-refractivity contribution in [1.82, 2.24) is 10.1 Å². The van der Waals surface area contributed by atoms with Crippen molar-refractivity contribution in [2.75, 3.05) is 5.32 Å². The van der Waals surface area contributed by atoms with Gasteiger partial charge in [-0.2, -0.15) is 4.98 Å². The number of nitrogens with zero attached hydrogens (tertiary/aromatic N) is 2. The zero-order chi connectivity index (χ0) is 16.9. The van der Waals surface area contributed by atoms with E-state index in [4.69, 9.17) is 16.1 Å². The lowest BCUT2D eigenvalue weighted by atomic mass is 10.2. The number of anilines is 1. The van der Waals surface area contributed by atoms with Crippen LogP contribution in [0.15, 0.2) is 53.1 Å². The third-order valence-corrected chi connectivity index (χ3v) is 3.53. The van der Waals surface area contributed by atoms with Crippen molar-refractivity contribution in [3.05, 3.63) is 65.3 Å². The Bertz CT molecular complexity index is 849. The fraction of sp³-hybridized carbons (Fsp3) is 0.118. The van der Waals surface area contributed by atoms with Gasteiger partial charge in [0.1, 0.15) is 5.82 Å². The molecule has 0 radical (unpaired) electrons. The Balaban J connectivity index is 1.58. The van der Waals surface area contributed by atoms with Gasteiger partial charge in [0.15, 0.2) is 0 Å². The smallest absolute Gasteiger partial charge is 0.227 e. The number of rotatable bonds is 5. The maximum atomic E-state index is 13.7. The van der Waals surface area contributed by atoms with Crippen molar-refractivity contribution < 1.29 is 13.7 Å². The number of carbonyl (C=O) groups is 1. The van der Waals surface area contributed by atoms with E-state index in [1.807, 2.05) is 0 Å². The summed E-state index contributed by atoms with van der Waals surface area (Å²) < 4.78 is 18.7. The van der Waals surface area contributed by atoms with E-state index < -0.39 is 5.82 Å². The maximum Gasteiger partial charge on any atom is 0.227 e. The number of hydrogen-bond donors (Lipinski definition) is 1. The Morgan fingerprint density at radius 2 is 1.92 bits per heavy atom. The lowest BCUT2D eigenvalue weighted by Crippen LogP contribution is -2.12. The SMILES string of the molecule is O=C(CCc1nc(-c2ccccc2F)no1)Nc1ccc(Cl)cc1. The van der Waals surface area contributed by atoms with Crippen molar-refractivity contribution in [3.63, 3.8) is 0 Å². The molecule has 0 saturated heterocycles. The van der Waals surface area contributed by atoms with Crippen molar-refractivity contribution >= 4 is 23.2 Å². The molecule has 2 aromatic carbocycles. The summed E-state index contributed by atoms with van der Waals surface area (Å²) in [4.78, 5) is 16.0. The second-order valence-corrected chi connectivity index (χ2v) is 5.48. The third kappa shape index (κ3) is 3.97. The second-order valence-electron chi connectivity index (χ2n) is 5.05. The largest absolute Gasteiger partial charge is 0.339 e. The molecule has 0 atom stereocenters. The summed E-state index contributed by atoms with van der Waals surface area (Å²) in [6, 6.07) is 13.0. The molecule has 0 aliphatic heterocycles. The van der Waals surface area contributed by atoms with Crippen LogP contribution in [-0.2, 0) is 11.2 Å². The van der Waals surface area contributed by atoms with Crippen molar-refractivity contribution in [1.29, 1.82) is 0 Å². The van der Waals surface area contributed by atoms with Crippen molar-refractivity contribution in [2.24, 2.45) is 0 Å². The van der Waals surface area contributed by atoms with Gasteiger partial charge in [0.05, 0.1) is 5.56 Å². The number of halogens is 2. The summed E-state index contributed by atoms with van der Waals surface area (Å²) in [5.41, 5.74) is 0.917. The molecular formula is C17H13ClFN3O2. The molecule has 24 heavy (non-hydrogen) atoms. The highest BCUT2D eigenvalue weighted by Crippen LogP contribution is 2.19. The van der Waals surface area contributed by atoms with Crippen LogP contribution < -0.4 is 5.32 Å². The van der Waals surface area contributed by atoms with Gasteiger partial charge in [-0.05, 0) is 36.4 Å². The van der Waals surface area contributed by atoms with Crippen LogP contribution in [0.2, 0.25) is 5.02 Å². The normalized spacial score (nSPS) is 10.6. The summed E-state index contributed by atoms with van der Waals surface area (Å²) in [6.07, 6.45) is 0.433. The van der Waals surface area contributed by atoms with Crippen LogP contribution >= 0.6 is 11.6 Å². The van der Waals surface area contributed by atoms with Gasteiger partial charge >= 0.3 is 0 Å². The standard InChI is InChI=1S/C17H13ClFN3O2/c18-11-5-7-12(8-6-11)20-15(23)9-10-16-21-17(22-24-16)13-3-1-2-4-14(13)19/h1-8H,9-10H2,(H,20,23). The molecule has 1 N–H and O–H groups in total. The lowest BCUT2D eigenvalue weighted by molar-refractivity contribution is -0.116. The molecule has 0 saturated carbocycles. The third-order valence-electron chi connectivity index (χ3n) is 3.28. The van der Waals surface area contributed by atoms with Gasteiger partial charge in [0, 0.05) is 23.6 Å². The highest BCUT2D eigenvalue weighted by molar-refractivity contribution is 6.30. The number of amides is 1. The highest BCUT2D eigenvalue weighted by atomic mass is 35.5. The maximum absolute atomic E-state index is 13.7. The first-order valence-corrected chi connectivity index (χ1v) is 7.62. The Hall–Kier alpha value is -2.73. The highest BCUT2D eigenvalue weighted by Gasteiger charge is 2.13. The fourth-order valence-electron chi connectivity index (χ4n) is 2.09. The summed E-state index contributed by atoms with van der Waals surface area (Å²) >= 11 is 5.79. The summed E-state index contributed by atoms with van der Waals surface area (Å²) in [6.45, 7) is 0. The van der Waals surface area contributed by atoms with Crippen molar-refractivity contribution in [3.8, 4) is 11.4 Å². The summed E-state index contributed by atoms with van der Waals surface area (Å²) in [7, 11) is 0. The van der Waals surface area contributed by atoms with Crippen LogP contribution in [0.4, 0.5) is 10.1 Å². The van der Waals surface area contributed by atoms with E-state index in [9.17, 15) is 9.18 Å². The van der Waals surface area contributed by atoms with Gasteiger partial charge in [-0.15, -0.1) is 0 Å². The molecule has 122 valence electrons. The van der Waals surface area contributed by atoms with Crippen LogP contribution in [0.3, 0.4) is 0 Å². The number of aryl methyl sites for hydroxylation is 1. The molecule has 1 amide bonds. The van der Waals surface area contributed by atoms with E-state index in [0.29, 0.717) is 10.7 Å². The molecule has 0 fully saturated rings. The fourth-order valence-corrected chi connectivity index (χ4v) is 2.21. The van der Waals surface area contributed by atoms with E-state index in [2.05, 4.69) is 15.5 Å². The predicted molar refractivity (Wildman–Crippen MR) is 88.1 cm³/mol. The number of carbonyl (C=O) groups excluding carboxylic acids is 1. The predicted octanol–water partition coefficient (Wildman–Crippen LogP) is 4.10. The lowest BCUT2D eigenvalue weighted by Gasteiger charge is -2.03. The number of nitrogens with one attached hydrogen (secondary N) is 1. The van der Waals surface area contributed by atoms with Crippen LogP contribution in [-0.4, -0.2) is 16.0 Å². The van der Waals surface area contributed by atoms with E-state index in [0.717, 1.165) is 0 Å². The minimum absolute atomic E-state index is 0.168. The minimum atomic E-state index is -0.426. The molecule has 0 spiro atoms. The topological polar surface area (TPSA) is 68.0 Å². The van der Waals surface area contributed by atoms with Gasteiger partial charge < -0.3 is 9.84 Å². The Morgan fingerprint density at radius 3 is 2.67 bits per heavy atom. The van der Waals surface area contributed by atoms with Gasteiger partial charge in [-0.3, -0.25) is 4.79 Å². The number of hydrogen-bond acceptors (Lipinski definition) is 4. The average Bonchev–Trinajstić information content (AvgIpc) is 3.04. The molecule has 1 aromatic heterocycles. The van der Waals surface area contributed by atoms with Crippen LogP contribution in [0.1, 0.15) is 12.3 Å². The monoisotopic (exact) mass is 345 g/mol. The molecule has 3 rings (SSSR count). The Kier molecular flexibility index (Phi) is 4.86. The average molecular weight is 346 g/mol. The molecule has 0 aliphatic rings. The molecule has 0 unspecified atom stereocenters. The minimum Gasteiger partial charge on any atom is -0.339 e. The first-order valence-electron chi connectivity index (χ1n) is 7.25. The zero-order valence-electron chi connectivity index (χ0n) is 12.5. The van der Waals surface area contributed by atoms with Crippen LogP contribution in [0.25, 0.3) is 11.4 Å². The van der Waals surface area contributed by atoms with E-state index in [1.54, 1.807) is 42.5 Å². The first-order chi connectivity index (χ1) is 11.6. The number of benzene rings is 2. The van der Waals surface area contributed by atoms with Gasteiger partial charge in [-0.1, -0.05) is 28.9 Å². The quantitative estimate of drug-likeness (QED) is 0.756. The molecule has 0 bridgehead atoms. The summed E-state index contributed by atoms with van der Waals surface area (Å²) in [5.74, 6) is -0.172. The molecule has 5 nitrogen and oxygen atoms in total. The van der Waals surface area contributed by atoms with E-state index in [-0.39, 0.29) is 36.0 Å². The van der Waals surface area contributed by atoms with E-state index >= 15 is 0 Å². The van der Waals surface area contributed by atoms with Crippen molar-refractivity contribution in [2.45, 2.75) is 12.8 Å². The Labute approximate surface area is 142 Å². The molecular weight excluding hydrogens is 333 g/mol. The second kappa shape index (κ2) is 7.23. The van der Waals surface area contributed by atoms with Crippen LogP contribution in [0.5, 0.6) is 0 Å². The molecule has 7 heteroatoms. The number of aromatic nitrogens is 2. The molecule has 0 aliphatic carbocycles.